The van der Waals surface area contributed by atoms with E-state index in [-0.39, 0.29) is 0 Å². The molecule has 72 valence electrons. The number of nitrogen functional groups attached to an aromatic ring is 1. The van der Waals surface area contributed by atoms with E-state index in [9.17, 15) is 0 Å². The molecule has 1 aromatic heterocycles. The molecule has 0 bridgehead atoms. The fraction of sp³-hybridized carbons (Fsp3) is 0.556. The van der Waals surface area contributed by atoms with Gasteiger partial charge in [0.05, 0.1) is 12.7 Å². The zero-order chi connectivity index (χ0) is 9.84. The van der Waals surface area contributed by atoms with Crippen molar-refractivity contribution in [3.8, 4) is 0 Å². The second-order valence-electron chi connectivity index (χ2n) is 3.40. The molecule has 0 spiro atoms. The summed E-state index contributed by atoms with van der Waals surface area (Å²) in [5.41, 5.74) is 8.18. The Kier molecular flexibility index (Phi) is 3.06. The van der Waals surface area contributed by atoms with Crippen molar-refractivity contribution in [2.24, 2.45) is 0 Å². The largest absolute Gasteiger partial charge is 0.381 e. The van der Waals surface area contributed by atoms with Crippen molar-refractivity contribution in [2.45, 2.75) is 33.7 Å². The summed E-state index contributed by atoms with van der Waals surface area (Å²) in [6.07, 6.45) is 2.55. The van der Waals surface area contributed by atoms with Gasteiger partial charge in [0.25, 0.3) is 0 Å². The number of aromatic nitrogens is 3. The van der Waals surface area contributed by atoms with Crippen LogP contribution in [-0.4, -0.2) is 15.0 Å². The molecule has 4 heteroatoms. The molecule has 0 amide bonds. The van der Waals surface area contributed by atoms with E-state index >= 15 is 0 Å². The number of aryl methyl sites for hydroxylation is 1. The van der Waals surface area contributed by atoms with Crippen molar-refractivity contribution in [3.05, 3.63) is 17.3 Å². The van der Waals surface area contributed by atoms with Crippen molar-refractivity contribution in [1.82, 2.24) is 15.0 Å². The topological polar surface area (TPSA) is 56.7 Å². The third-order valence-electron chi connectivity index (χ3n) is 2.09. The van der Waals surface area contributed by atoms with Crippen molar-refractivity contribution < 1.29 is 0 Å². The highest BCUT2D eigenvalue weighted by Crippen LogP contribution is 2.07. The molecular weight excluding hydrogens is 164 g/mol. The van der Waals surface area contributed by atoms with E-state index in [2.05, 4.69) is 31.0 Å². The lowest BCUT2D eigenvalue weighted by Gasteiger charge is -2.02. The lowest BCUT2D eigenvalue weighted by Crippen LogP contribution is -2.03. The second-order valence-corrected chi connectivity index (χ2v) is 3.40. The summed E-state index contributed by atoms with van der Waals surface area (Å²) < 4.78 is 0. The van der Waals surface area contributed by atoms with Crippen molar-refractivity contribution >= 4 is 5.82 Å². The molecule has 0 aliphatic heterocycles. The van der Waals surface area contributed by atoms with Gasteiger partial charge in [-0.05, 0) is 27.2 Å². The van der Waals surface area contributed by atoms with E-state index in [0.717, 1.165) is 13.0 Å². The molecule has 0 saturated carbocycles. The van der Waals surface area contributed by atoms with Crippen LogP contribution in [-0.2, 0) is 6.54 Å². The second kappa shape index (κ2) is 4.07. The first kappa shape index (κ1) is 9.77. The summed E-state index contributed by atoms with van der Waals surface area (Å²) in [5.74, 6) is 0.481. The minimum atomic E-state index is 0.481. The quantitative estimate of drug-likeness (QED) is 0.719. The number of nitrogens with two attached hydrogens (primary N) is 1. The van der Waals surface area contributed by atoms with Crippen LogP contribution in [0.1, 0.15) is 27.2 Å². The summed E-state index contributed by atoms with van der Waals surface area (Å²) in [5, 5.41) is 8.01. The Morgan fingerprint density at radius 3 is 2.62 bits per heavy atom. The van der Waals surface area contributed by atoms with Crippen LogP contribution in [0.3, 0.4) is 0 Å². The average molecular weight is 180 g/mol. The van der Waals surface area contributed by atoms with Gasteiger partial charge in [0, 0.05) is 0 Å². The van der Waals surface area contributed by atoms with Crippen LogP contribution in [0.4, 0.5) is 5.82 Å². The molecule has 0 aromatic carbocycles. The van der Waals surface area contributed by atoms with Gasteiger partial charge in [0.1, 0.15) is 0 Å². The lowest BCUT2D eigenvalue weighted by molar-refractivity contribution is 0.536. The Hall–Kier alpha value is -1.32. The average Bonchev–Trinajstić information content (AvgIpc) is 2.47. The third-order valence-corrected chi connectivity index (χ3v) is 2.09. The predicted molar refractivity (Wildman–Crippen MR) is 53.1 cm³/mol. The highest BCUT2D eigenvalue weighted by molar-refractivity contribution is 5.19. The van der Waals surface area contributed by atoms with Crippen LogP contribution in [0, 0.1) is 0 Å². The lowest BCUT2D eigenvalue weighted by atomic mass is 10.1. The molecule has 0 aliphatic rings. The van der Waals surface area contributed by atoms with Gasteiger partial charge >= 0.3 is 0 Å². The van der Waals surface area contributed by atoms with Crippen molar-refractivity contribution in [2.75, 3.05) is 5.73 Å². The number of anilines is 1. The predicted octanol–water partition coefficient (Wildman–Crippen LogP) is 1.61. The van der Waals surface area contributed by atoms with Crippen molar-refractivity contribution in [1.29, 1.82) is 0 Å². The number of hydrogen-bond donors (Lipinski definition) is 1. The molecule has 1 rings (SSSR count). The number of hydrogen-bond acceptors (Lipinski definition) is 3. The standard InChI is InChI=1S/C9H16N4/c1-7(2)8(3)4-5-13-11-6-9(10)12-13/h6H,4-5H2,1-3H3,(H2,10,12). The maximum Gasteiger partial charge on any atom is 0.165 e. The Balaban J connectivity index is 2.49. The zero-order valence-electron chi connectivity index (χ0n) is 8.41. The molecule has 0 unspecified atom stereocenters. The van der Waals surface area contributed by atoms with Gasteiger partial charge in [-0.1, -0.05) is 11.1 Å². The zero-order valence-corrected chi connectivity index (χ0v) is 8.41. The molecule has 13 heavy (non-hydrogen) atoms. The highest BCUT2D eigenvalue weighted by atomic mass is 15.5. The summed E-state index contributed by atoms with van der Waals surface area (Å²) in [6.45, 7) is 7.15. The monoisotopic (exact) mass is 180 g/mol. The van der Waals surface area contributed by atoms with E-state index in [1.807, 2.05) is 0 Å². The molecule has 2 N–H and O–H groups in total. The van der Waals surface area contributed by atoms with Crippen LogP contribution >= 0.6 is 0 Å². The van der Waals surface area contributed by atoms with Gasteiger partial charge in [-0.25, -0.2) is 0 Å². The normalized spacial score (nSPS) is 10.1. The van der Waals surface area contributed by atoms with Gasteiger partial charge in [0.15, 0.2) is 5.82 Å². The van der Waals surface area contributed by atoms with Crippen LogP contribution in [0.15, 0.2) is 17.3 Å². The van der Waals surface area contributed by atoms with Crippen molar-refractivity contribution in [3.63, 3.8) is 0 Å². The summed E-state index contributed by atoms with van der Waals surface area (Å²) >= 11 is 0. The van der Waals surface area contributed by atoms with Gasteiger partial charge in [-0.3, -0.25) is 0 Å². The Bertz CT molecular complexity index is 307. The smallest absolute Gasteiger partial charge is 0.165 e. The highest BCUT2D eigenvalue weighted by Gasteiger charge is 1.97. The Labute approximate surface area is 78.4 Å². The molecule has 0 radical (unpaired) electrons. The van der Waals surface area contributed by atoms with Crippen LogP contribution in [0.25, 0.3) is 0 Å². The fourth-order valence-electron chi connectivity index (χ4n) is 0.936. The van der Waals surface area contributed by atoms with Gasteiger partial charge in [-0.2, -0.15) is 9.90 Å². The number of rotatable bonds is 3. The summed E-state index contributed by atoms with van der Waals surface area (Å²) in [6, 6.07) is 0. The minimum absolute atomic E-state index is 0.481. The van der Waals surface area contributed by atoms with E-state index in [0.29, 0.717) is 5.82 Å². The molecule has 0 saturated heterocycles. The van der Waals surface area contributed by atoms with E-state index in [4.69, 9.17) is 5.73 Å². The summed E-state index contributed by atoms with van der Waals surface area (Å²) in [4.78, 5) is 1.63. The molecule has 0 aliphatic carbocycles. The maximum absolute atomic E-state index is 5.44. The third kappa shape index (κ3) is 2.89. The van der Waals surface area contributed by atoms with E-state index < -0.39 is 0 Å². The van der Waals surface area contributed by atoms with Crippen LogP contribution in [0.5, 0.6) is 0 Å². The Morgan fingerprint density at radius 1 is 1.46 bits per heavy atom. The Morgan fingerprint density at radius 2 is 2.15 bits per heavy atom. The molecular formula is C9H16N4. The molecule has 0 atom stereocenters. The fourth-order valence-corrected chi connectivity index (χ4v) is 0.936. The first-order valence-electron chi connectivity index (χ1n) is 4.38. The molecule has 1 aromatic rings. The molecule has 1 heterocycles. The van der Waals surface area contributed by atoms with E-state index in [1.165, 1.54) is 11.1 Å². The first-order valence-corrected chi connectivity index (χ1v) is 4.38. The van der Waals surface area contributed by atoms with Gasteiger partial charge in [0.2, 0.25) is 0 Å². The number of allylic oxidation sites excluding steroid dienone is 2. The van der Waals surface area contributed by atoms with Gasteiger partial charge < -0.3 is 5.73 Å². The minimum Gasteiger partial charge on any atom is -0.381 e. The van der Waals surface area contributed by atoms with Crippen LogP contribution < -0.4 is 5.73 Å². The van der Waals surface area contributed by atoms with Gasteiger partial charge in [-0.15, -0.1) is 5.10 Å². The first-order chi connectivity index (χ1) is 6.09. The molecule has 0 fully saturated rings. The molecule has 4 nitrogen and oxygen atoms in total. The SMILES string of the molecule is CC(C)=C(C)CCn1ncc(N)n1. The maximum atomic E-state index is 5.44. The van der Waals surface area contributed by atoms with Crippen LogP contribution in [0.2, 0.25) is 0 Å². The number of nitrogens with zero attached hydrogens (tertiary/aromatic N) is 3. The summed E-state index contributed by atoms with van der Waals surface area (Å²) in [7, 11) is 0. The van der Waals surface area contributed by atoms with E-state index in [1.54, 1.807) is 11.0 Å².